The quantitative estimate of drug-likeness (QED) is 0.645. The SMILES string of the molecule is COC(=O)C(CN1CCCC1=O)NC(C)=O. The Balaban J connectivity index is 2.58. The zero-order valence-corrected chi connectivity index (χ0v) is 9.49. The number of likely N-dealkylation sites (tertiary alicyclic amines) is 1. The van der Waals surface area contributed by atoms with E-state index in [0.29, 0.717) is 13.0 Å². The number of nitrogens with one attached hydrogen (secondary N) is 1. The summed E-state index contributed by atoms with van der Waals surface area (Å²) in [6.45, 7) is 2.14. The highest BCUT2D eigenvalue weighted by atomic mass is 16.5. The number of rotatable bonds is 4. The van der Waals surface area contributed by atoms with Crippen molar-refractivity contribution < 1.29 is 19.1 Å². The van der Waals surface area contributed by atoms with Crippen molar-refractivity contribution in [2.24, 2.45) is 0 Å². The molecule has 90 valence electrons. The molecule has 0 aromatic heterocycles. The number of hydrogen-bond donors (Lipinski definition) is 1. The van der Waals surface area contributed by atoms with Gasteiger partial charge in [0.2, 0.25) is 11.8 Å². The molecule has 0 saturated carbocycles. The first-order valence-electron chi connectivity index (χ1n) is 5.17. The number of nitrogens with zero attached hydrogens (tertiary/aromatic N) is 1. The highest BCUT2D eigenvalue weighted by Crippen LogP contribution is 2.10. The van der Waals surface area contributed by atoms with Crippen LogP contribution in [0.5, 0.6) is 0 Å². The van der Waals surface area contributed by atoms with Crippen LogP contribution in [-0.4, -0.2) is 48.9 Å². The molecule has 1 fully saturated rings. The van der Waals surface area contributed by atoms with Crippen molar-refractivity contribution in [1.82, 2.24) is 10.2 Å². The predicted octanol–water partition coefficient (Wildman–Crippen LogP) is -0.713. The fourth-order valence-electron chi connectivity index (χ4n) is 1.68. The van der Waals surface area contributed by atoms with Crippen LogP contribution < -0.4 is 5.32 Å². The number of methoxy groups -OCH3 is 1. The second kappa shape index (κ2) is 5.48. The fourth-order valence-corrected chi connectivity index (χ4v) is 1.68. The van der Waals surface area contributed by atoms with E-state index in [2.05, 4.69) is 10.1 Å². The Bertz CT molecular complexity index is 303. The number of hydrogen-bond acceptors (Lipinski definition) is 4. The van der Waals surface area contributed by atoms with E-state index in [-0.39, 0.29) is 18.4 Å². The van der Waals surface area contributed by atoms with Gasteiger partial charge in [-0.1, -0.05) is 0 Å². The first-order chi connectivity index (χ1) is 7.54. The number of esters is 1. The topological polar surface area (TPSA) is 75.7 Å². The molecule has 2 amide bonds. The molecular formula is C10H16N2O4. The molecule has 1 atom stereocenters. The molecule has 0 spiro atoms. The van der Waals surface area contributed by atoms with Crippen LogP contribution in [0.4, 0.5) is 0 Å². The Morgan fingerprint density at radius 3 is 2.69 bits per heavy atom. The summed E-state index contributed by atoms with van der Waals surface area (Å²) in [6, 6.07) is -0.774. The highest BCUT2D eigenvalue weighted by molar-refractivity contribution is 5.84. The molecule has 6 heteroatoms. The van der Waals surface area contributed by atoms with Gasteiger partial charge in [0.1, 0.15) is 6.04 Å². The Morgan fingerprint density at radius 2 is 2.25 bits per heavy atom. The molecule has 6 nitrogen and oxygen atoms in total. The summed E-state index contributed by atoms with van der Waals surface area (Å²) in [4.78, 5) is 35.2. The molecule has 0 radical (unpaired) electrons. The zero-order valence-electron chi connectivity index (χ0n) is 9.49. The minimum atomic E-state index is -0.774. The number of amides is 2. The maximum Gasteiger partial charge on any atom is 0.330 e. The standard InChI is InChI=1S/C10H16N2O4/c1-7(13)11-8(10(15)16-2)6-12-5-3-4-9(12)14/h8H,3-6H2,1-2H3,(H,11,13). The lowest BCUT2D eigenvalue weighted by Gasteiger charge is -2.22. The molecule has 1 saturated heterocycles. The van der Waals surface area contributed by atoms with Gasteiger partial charge >= 0.3 is 5.97 Å². The summed E-state index contributed by atoms with van der Waals surface area (Å²) >= 11 is 0. The van der Waals surface area contributed by atoms with Crippen molar-refractivity contribution in [3.8, 4) is 0 Å². The second-order valence-corrected chi connectivity index (χ2v) is 3.72. The summed E-state index contributed by atoms with van der Waals surface area (Å²) in [7, 11) is 1.25. The summed E-state index contributed by atoms with van der Waals surface area (Å²) in [5.41, 5.74) is 0. The lowest BCUT2D eigenvalue weighted by atomic mass is 10.2. The first kappa shape index (κ1) is 12.5. The summed E-state index contributed by atoms with van der Waals surface area (Å²) in [5, 5.41) is 2.47. The first-order valence-corrected chi connectivity index (χ1v) is 5.17. The second-order valence-electron chi connectivity index (χ2n) is 3.72. The lowest BCUT2D eigenvalue weighted by Crippen LogP contribution is -2.48. The van der Waals surface area contributed by atoms with E-state index in [1.165, 1.54) is 14.0 Å². The lowest BCUT2D eigenvalue weighted by molar-refractivity contribution is -0.146. The van der Waals surface area contributed by atoms with E-state index in [4.69, 9.17) is 0 Å². The van der Waals surface area contributed by atoms with Gasteiger partial charge in [-0.15, -0.1) is 0 Å². The average Bonchev–Trinajstić information content (AvgIpc) is 2.61. The number of carbonyl (C=O) groups excluding carboxylic acids is 3. The highest BCUT2D eigenvalue weighted by Gasteiger charge is 2.28. The van der Waals surface area contributed by atoms with Gasteiger partial charge in [0, 0.05) is 19.9 Å². The van der Waals surface area contributed by atoms with Gasteiger partial charge < -0.3 is 15.0 Å². The van der Waals surface area contributed by atoms with Crippen molar-refractivity contribution in [3.05, 3.63) is 0 Å². The van der Waals surface area contributed by atoms with Crippen molar-refractivity contribution in [3.63, 3.8) is 0 Å². The molecule has 16 heavy (non-hydrogen) atoms. The Morgan fingerprint density at radius 1 is 1.56 bits per heavy atom. The van der Waals surface area contributed by atoms with E-state index in [1.807, 2.05) is 0 Å². The molecule has 1 N–H and O–H groups in total. The van der Waals surface area contributed by atoms with Crippen molar-refractivity contribution in [2.45, 2.75) is 25.8 Å². The maximum atomic E-state index is 11.4. The predicted molar refractivity (Wildman–Crippen MR) is 55.4 cm³/mol. The molecule has 0 bridgehead atoms. The van der Waals surface area contributed by atoms with Gasteiger partial charge in [0.15, 0.2) is 0 Å². The number of ether oxygens (including phenoxy) is 1. The van der Waals surface area contributed by atoms with E-state index < -0.39 is 12.0 Å². The van der Waals surface area contributed by atoms with Gasteiger partial charge in [-0.2, -0.15) is 0 Å². The van der Waals surface area contributed by atoms with Gasteiger partial charge in [0.25, 0.3) is 0 Å². The van der Waals surface area contributed by atoms with E-state index in [9.17, 15) is 14.4 Å². The molecule has 0 aromatic carbocycles. The molecule has 1 rings (SSSR count). The minimum Gasteiger partial charge on any atom is -0.467 e. The van der Waals surface area contributed by atoms with Crippen molar-refractivity contribution >= 4 is 17.8 Å². The van der Waals surface area contributed by atoms with Crippen molar-refractivity contribution in [1.29, 1.82) is 0 Å². The van der Waals surface area contributed by atoms with Crippen LogP contribution in [0.25, 0.3) is 0 Å². The average molecular weight is 228 g/mol. The van der Waals surface area contributed by atoms with Crippen LogP contribution in [0.15, 0.2) is 0 Å². The molecule has 0 aliphatic carbocycles. The molecule has 1 aliphatic heterocycles. The zero-order chi connectivity index (χ0) is 12.1. The summed E-state index contributed by atoms with van der Waals surface area (Å²) in [5.74, 6) is -0.837. The van der Waals surface area contributed by atoms with Crippen molar-refractivity contribution in [2.75, 3.05) is 20.2 Å². The third kappa shape index (κ3) is 3.22. The van der Waals surface area contributed by atoms with Gasteiger partial charge in [0.05, 0.1) is 13.7 Å². The Kier molecular flexibility index (Phi) is 4.28. The maximum absolute atomic E-state index is 11.4. The van der Waals surface area contributed by atoms with E-state index >= 15 is 0 Å². The smallest absolute Gasteiger partial charge is 0.330 e. The third-order valence-corrected chi connectivity index (χ3v) is 2.44. The monoisotopic (exact) mass is 228 g/mol. The molecular weight excluding hydrogens is 212 g/mol. The Labute approximate surface area is 93.9 Å². The molecule has 1 heterocycles. The van der Waals surface area contributed by atoms with Gasteiger partial charge in [-0.3, -0.25) is 9.59 Å². The van der Waals surface area contributed by atoms with Gasteiger partial charge in [-0.25, -0.2) is 4.79 Å². The third-order valence-electron chi connectivity index (χ3n) is 2.44. The van der Waals surface area contributed by atoms with Crippen LogP contribution in [0, 0.1) is 0 Å². The van der Waals surface area contributed by atoms with Gasteiger partial charge in [-0.05, 0) is 6.42 Å². The number of carbonyl (C=O) groups is 3. The van der Waals surface area contributed by atoms with Crippen LogP contribution in [0.1, 0.15) is 19.8 Å². The van der Waals surface area contributed by atoms with Crippen LogP contribution >= 0.6 is 0 Å². The summed E-state index contributed by atoms with van der Waals surface area (Å²) in [6.07, 6.45) is 1.31. The minimum absolute atomic E-state index is 0.0132. The normalized spacial score (nSPS) is 17.1. The van der Waals surface area contributed by atoms with E-state index in [0.717, 1.165) is 6.42 Å². The van der Waals surface area contributed by atoms with Crippen LogP contribution in [0.2, 0.25) is 0 Å². The fraction of sp³-hybridized carbons (Fsp3) is 0.700. The largest absolute Gasteiger partial charge is 0.467 e. The Hall–Kier alpha value is -1.59. The van der Waals surface area contributed by atoms with Crippen LogP contribution in [-0.2, 0) is 19.1 Å². The summed E-state index contributed by atoms with van der Waals surface area (Å²) < 4.78 is 4.57. The molecule has 1 unspecified atom stereocenters. The van der Waals surface area contributed by atoms with E-state index in [1.54, 1.807) is 4.90 Å². The molecule has 1 aliphatic rings. The van der Waals surface area contributed by atoms with Crippen LogP contribution in [0.3, 0.4) is 0 Å². The molecule has 0 aromatic rings.